The summed E-state index contributed by atoms with van der Waals surface area (Å²) in [6.45, 7) is 7.30. The van der Waals surface area contributed by atoms with E-state index in [0.717, 1.165) is 5.56 Å². The van der Waals surface area contributed by atoms with E-state index in [-0.39, 0.29) is 5.41 Å². The van der Waals surface area contributed by atoms with Crippen LogP contribution in [0.5, 0.6) is 5.75 Å². The molecule has 0 spiro atoms. The monoisotopic (exact) mass is 383 g/mol. The first-order chi connectivity index (χ1) is 13.2. The zero-order chi connectivity index (χ0) is 20.7. The largest absolute Gasteiger partial charge is 0.479 e. The molecule has 6 heteroatoms. The summed E-state index contributed by atoms with van der Waals surface area (Å²) in [4.78, 5) is 35.7. The number of hydrogen-bond acceptors (Lipinski definition) is 5. The number of ether oxygens (including phenoxy) is 2. The predicted molar refractivity (Wildman–Crippen MR) is 105 cm³/mol. The van der Waals surface area contributed by atoms with E-state index in [0.29, 0.717) is 11.3 Å². The quantitative estimate of drug-likeness (QED) is 0.775. The standard InChI is InChI=1S/C22H25NO5/c1-15(28-18-12-10-17(11-13-18)22(2,3)4)21(26)27-14-19(24)23-20(25)16-8-6-5-7-9-16/h5-13,15H,14H2,1-4H3,(H,23,24,25)/t15-/m1/s1. The number of esters is 1. The molecule has 2 aromatic rings. The van der Waals surface area contributed by atoms with Crippen molar-refractivity contribution in [2.75, 3.05) is 6.61 Å². The predicted octanol–water partition coefficient (Wildman–Crippen LogP) is 3.25. The van der Waals surface area contributed by atoms with Gasteiger partial charge in [0.1, 0.15) is 5.75 Å². The number of rotatable bonds is 6. The molecule has 2 aromatic carbocycles. The van der Waals surface area contributed by atoms with Gasteiger partial charge in [0.2, 0.25) is 0 Å². The van der Waals surface area contributed by atoms with E-state index in [2.05, 4.69) is 26.1 Å². The Morgan fingerprint density at radius 2 is 1.57 bits per heavy atom. The summed E-state index contributed by atoms with van der Waals surface area (Å²) in [6, 6.07) is 15.7. The van der Waals surface area contributed by atoms with Crippen LogP contribution >= 0.6 is 0 Å². The molecule has 0 aliphatic carbocycles. The highest BCUT2D eigenvalue weighted by Gasteiger charge is 2.19. The third-order valence-corrected chi connectivity index (χ3v) is 4.00. The SMILES string of the molecule is C[C@@H](Oc1ccc(C(C)(C)C)cc1)C(=O)OCC(=O)NC(=O)c1ccccc1. The molecule has 0 heterocycles. The summed E-state index contributed by atoms with van der Waals surface area (Å²) in [6.07, 6.45) is -0.891. The highest BCUT2D eigenvalue weighted by Crippen LogP contribution is 2.24. The molecule has 0 aliphatic heterocycles. The van der Waals surface area contributed by atoms with Crippen molar-refractivity contribution in [2.45, 2.75) is 39.2 Å². The minimum absolute atomic E-state index is 0.0215. The summed E-state index contributed by atoms with van der Waals surface area (Å²) in [5.41, 5.74) is 1.51. The Hall–Kier alpha value is -3.15. The highest BCUT2D eigenvalue weighted by molar-refractivity contribution is 6.05. The number of nitrogens with one attached hydrogen (secondary N) is 1. The minimum atomic E-state index is -0.891. The number of hydrogen-bond donors (Lipinski definition) is 1. The fourth-order valence-electron chi connectivity index (χ4n) is 2.36. The lowest BCUT2D eigenvalue weighted by Crippen LogP contribution is -2.36. The van der Waals surface area contributed by atoms with Gasteiger partial charge in [-0.25, -0.2) is 4.79 Å². The first-order valence-corrected chi connectivity index (χ1v) is 9.00. The van der Waals surface area contributed by atoms with Gasteiger partial charge in [-0.3, -0.25) is 14.9 Å². The fourth-order valence-corrected chi connectivity index (χ4v) is 2.36. The van der Waals surface area contributed by atoms with E-state index in [1.807, 2.05) is 12.1 Å². The Balaban J connectivity index is 1.80. The summed E-state index contributed by atoms with van der Waals surface area (Å²) >= 11 is 0. The van der Waals surface area contributed by atoms with E-state index in [1.165, 1.54) is 6.92 Å². The molecule has 28 heavy (non-hydrogen) atoms. The zero-order valence-corrected chi connectivity index (χ0v) is 16.5. The van der Waals surface area contributed by atoms with Crippen LogP contribution in [-0.2, 0) is 19.7 Å². The average Bonchev–Trinajstić information content (AvgIpc) is 2.66. The Labute approximate surface area is 164 Å². The van der Waals surface area contributed by atoms with Gasteiger partial charge < -0.3 is 9.47 Å². The topological polar surface area (TPSA) is 81.7 Å². The van der Waals surface area contributed by atoms with Crippen LogP contribution < -0.4 is 10.1 Å². The lowest BCUT2D eigenvalue weighted by Gasteiger charge is -2.20. The van der Waals surface area contributed by atoms with Gasteiger partial charge in [-0.2, -0.15) is 0 Å². The van der Waals surface area contributed by atoms with E-state index in [1.54, 1.807) is 42.5 Å². The molecule has 1 atom stereocenters. The molecule has 2 amide bonds. The number of imide groups is 1. The molecule has 148 valence electrons. The van der Waals surface area contributed by atoms with Crippen LogP contribution in [0.3, 0.4) is 0 Å². The van der Waals surface area contributed by atoms with Gasteiger partial charge in [-0.1, -0.05) is 51.1 Å². The maximum atomic E-state index is 12.0. The highest BCUT2D eigenvalue weighted by atomic mass is 16.6. The second-order valence-corrected chi connectivity index (χ2v) is 7.39. The Morgan fingerprint density at radius 3 is 2.14 bits per heavy atom. The molecule has 0 aromatic heterocycles. The van der Waals surface area contributed by atoms with Crippen molar-refractivity contribution in [3.8, 4) is 5.75 Å². The number of carbonyl (C=O) groups excluding carboxylic acids is 3. The summed E-state index contributed by atoms with van der Waals surface area (Å²) in [5.74, 6) is -1.42. The molecule has 2 rings (SSSR count). The van der Waals surface area contributed by atoms with Gasteiger partial charge in [-0.05, 0) is 42.2 Å². The minimum Gasteiger partial charge on any atom is -0.479 e. The molecule has 0 fully saturated rings. The smallest absolute Gasteiger partial charge is 0.347 e. The molecule has 0 saturated heterocycles. The van der Waals surface area contributed by atoms with Crippen molar-refractivity contribution in [3.63, 3.8) is 0 Å². The average molecular weight is 383 g/mol. The van der Waals surface area contributed by atoms with E-state index in [9.17, 15) is 14.4 Å². The number of amides is 2. The Kier molecular flexibility index (Phi) is 6.93. The molecule has 0 unspecified atom stereocenters. The molecule has 1 N–H and O–H groups in total. The normalized spacial score (nSPS) is 12.0. The number of benzene rings is 2. The maximum Gasteiger partial charge on any atom is 0.347 e. The van der Waals surface area contributed by atoms with Gasteiger partial charge >= 0.3 is 5.97 Å². The first kappa shape index (κ1) is 21.2. The van der Waals surface area contributed by atoms with Crippen LogP contribution in [0.2, 0.25) is 0 Å². The summed E-state index contributed by atoms with van der Waals surface area (Å²) < 4.78 is 10.5. The molecular formula is C22H25NO5. The second kappa shape index (κ2) is 9.17. The van der Waals surface area contributed by atoms with Gasteiger partial charge in [0.05, 0.1) is 0 Å². The zero-order valence-electron chi connectivity index (χ0n) is 16.5. The van der Waals surface area contributed by atoms with Crippen LogP contribution in [0.4, 0.5) is 0 Å². The van der Waals surface area contributed by atoms with Gasteiger partial charge in [0.25, 0.3) is 11.8 Å². The van der Waals surface area contributed by atoms with Crippen molar-refractivity contribution >= 4 is 17.8 Å². The Bertz CT molecular complexity index is 822. The molecule has 0 saturated carbocycles. The third-order valence-electron chi connectivity index (χ3n) is 4.00. The third kappa shape index (κ3) is 6.23. The number of carbonyl (C=O) groups is 3. The van der Waals surface area contributed by atoms with Crippen LogP contribution in [0.15, 0.2) is 54.6 Å². The van der Waals surface area contributed by atoms with Crippen LogP contribution in [0.1, 0.15) is 43.6 Å². The maximum absolute atomic E-state index is 12.0. The van der Waals surface area contributed by atoms with Crippen molar-refractivity contribution in [1.29, 1.82) is 0 Å². The van der Waals surface area contributed by atoms with Gasteiger partial charge in [0, 0.05) is 5.56 Å². The van der Waals surface area contributed by atoms with Crippen LogP contribution in [0, 0.1) is 0 Å². The lowest BCUT2D eigenvalue weighted by molar-refractivity contribution is -0.154. The molecular weight excluding hydrogens is 358 g/mol. The van der Waals surface area contributed by atoms with Gasteiger partial charge in [-0.15, -0.1) is 0 Å². The van der Waals surface area contributed by atoms with Gasteiger partial charge in [0.15, 0.2) is 12.7 Å². The van der Waals surface area contributed by atoms with Crippen LogP contribution in [0.25, 0.3) is 0 Å². The van der Waals surface area contributed by atoms with Crippen molar-refractivity contribution in [1.82, 2.24) is 5.32 Å². The Morgan fingerprint density at radius 1 is 0.964 bits per heavy atom. The van der Waals surface area contributed by atoms with Crippen molar-refractivity contribution in [2.24, 2.45) is 0 Å². The lowest BCUT2D eigenvalue weighted by atomic mass is 9.87. The van der Waals surface area contributed by atoms with E-state index >= 15 is 0 Å². The molecule has 0 bridgehead atoms. The van der Waals surface area contributed by atoms with E-state index < -0.39 is 30.5 Å². The second-order valence-electron chi connectivity index (χ2n) is 7.39. The molecule has 0 aliphatic rings. The first-order valence-electron chi connectivity index (χ1n) is 9.00. The molecule has 0 radical (unpaired) electrons. The van der Waals surface area contributed by atoms with Crippen LogP contribution in [-0.4, -0.2) is 30.5 Å². The summed E-state index contributed by atoms with van der Waals surface area (Å²) in [7, 11) is 0. The fraction of sp³-hybridized carbons (Fsp3) is 0.318. The summed E-state index contributed by atoms with van der Waals surface area (Å²) in [5, 5.41) is 2.16. The van der Waals surface area contributed by atoms with Crippen molar-refractivity contribution < 1.29 is 23.9 Å². The van der Waals surface area contributed by atoms with Crippen molar-refractivity contribution in [3.05, 3.63) is 65.7 Å². The molecule has 6 nitrogen and oxygen atoms in total. The van der Waals surface area contributed by atoms with E-state index in [4.69, 9.17) is 9.47 Å².